The molecule has 1 aliphatic rings. The Kier molecular flexibility index (Phi) is 5.63. The first kappa shape index (κ1) is 16.3. The van der Waals surface area contributed by atoms with Gasteiger partial charge in [-0.25, -0.2) is 0 Å². The normalized spacial score (nSPS) is 18.7. The van der Waals surface area contributed by atoms with Gasteiger partial charge in [0.25, 0.3) is 0 Å². The summed E-state index contributed by atoms with van der Waals surface area (Å²) in [6.45, 7) is 3.63. The molecule has 0 spiro atoms. The second-order valence-corrected chi connectivity index (χ2v) is 6.23. The van der Waals surface area contributed by atoms with E-state index >= 15 is 0 Å². The summed E-state index contributed by atoms with van der Waals surface area (Å²) in [5.41, 5.74) is 4.18. The van der Waals surface area contributed by atoms with Crippen molar-refractivity contribution in [3.63, 3.8) is 0 Å². The average Bonchev–Trinajstić information content (AvgIpc) is 2.64. The van der Waals surface area contributed by atoms with Gasteiger partial charge in [-0.3, -0.25) is 0 Å². The quantitative estimate of drug-likeness (QED) is 0.506. The Hall–Kier alpha value is -2.60. The smallest absolute Gasteiger partial charge is 0.00929 e. The maximum absolute atomic E-state index is 3.63. The largest absolute Gasteiger partial charge is 0.0985 e. The molecule has 0 bridgehead atoms. The standard InChI is InChI=1S/C16H16.C8H8/c1-3-7-13(8-4-1)15-11-12-16(15)14-9-5-2-6-10-14;1-2-8-6-4-3-5-7-8/h1-10,15-16H,11-12H2;2-7H,1H2. The second kappa shape index (κ2) is 8.31. The molecule has 3 aromatic carbocycles. The van der Waals surface area contributed by atoms with Crippen LogP contribution in [0.25, 0.3) is 6.08 Å². The van der Waals surface area contributed by atoms with E-state index in [-0.39, 0.29) is 0 Å². The third-order valence-corrected chi connectivity index (χ3v) is 4.77. The number of benzene rings is 3. The summed E-state index contributed by atoms with van der Waals surface area (Å²) in [6.07, 6.45) is 4.51. The van der Waals surface area contributed by atoms with E-state index in [1.54, 1.807) is 0 Å². The van der Waals surface area contributed by atoms with Crippen LogP contribution >= 0.6 is 0 Å². The SMILES string of the molecule is C=Cc1ccccc1.c1ccc(C2CCC2c2ccccc2)cc1. The lowest BCUT2D eigenvalue weighted by atomic mass is 9.67. The molecular weight excluding hydrogens is 288 g/mol. The van der Waals surface area contributed by atoms with Crippen molar-refractivity contribution < 1.29 is 0 Å². The van der Waals surface area contributed by atoms with Gasteiger partial charge < -0.3 is 0 Å². The molecule has 0 saturated heterocycles. The second-order valence-electron chi connectivity index (χ2n) is 6.23. The third-order valence-electron chi connectivity index (χ3n) is 4.77. The summed E-state index contributed by atoms with van der Waals surface area (Å²) in [5.74, 6) is 1.48. The lowest BCUT2D eigenvalue weighted by Crippen LogP contribution is -2.21. The molecule has 1 saturated carbocycles. The van der Waals surface area contributed by atoms with Crippen LogP contribution in [0, 0.1) is 0 Å². The molecule has 0 N–H and O–H groups in total. The predicted molar refractivity (Wildman–Crippen MR) is 104 cm³/mol. The summed E-state index contributed by atoms with van der Waals surface area (Å²) < 4.78 is 0. The molecule has 2 atom stereocenters. The van der Waals surface area contributed by atoms with Crippen LogP contribution in [-0.2, 0) is 0 Å². The van der Waals surface area contributed by atoms with Crippen molar-refractivity contribution in [2.45, 2.75) is 24.7 Å². The third kappa shape index (κ3) is 4.02. The van der Waals surface area contributed by atoms with Crippen LogP contribution in [0.15, 0.2) is 97.6 Å². The molecule has 2 unspecified atom stereocenters. The van der Waals surface area contributed by atoms with E-state index in [0.717, 1.165) is 11.8 Å². The Balaban J connectivity index is 0.000000179. The Bertz CT molecular complexity index is 683. The van der Waals surface area contributed by atoms with Crippen LogP contribution in [-0.4, -0.2) is 0 Å². The lowest BCUT2D eigenvalue weighted by Gasteiger charge is -2.37. The molecule has 1 aliphatic carbocycles. The van der Waals surface area contributed by atoms with Crippen molar-refractivity contribution in [3.8, 4) is 0 Å². The fourth-order valence-corrected chi connectivity index (χ4v) is 3.29. The van der Waals surface area contributed by atoms with Gasteiger partial charge in [0.2, 0.25) is 0 Å². The van der Waals surface area contributed by atoms with E-state index in [1.807, 2.05) is 36.4 Å². The number of hydrogen-bond acceptors (Lipinski definition) is 0. The van der Waals surface area contributed by atoms with Crippen molar-refractivity contribution in [3.05, 3.63) is 114 Å². The fourth-order valence-electron chi connectivity index (χ4n) is 3.29. The molecule has 0 radical (unpaired) electrons. The van der Waals surface area contributed by atoms with Crippen LogP contribution in [0.3, 0.4) is 0 Å². The summed E-state index contributed by atoms with van der Waals surface area (Å²) in [6, 6.07) is 31.9. The van der Waals surface area contributed by atoms with E-state index in [4.69, 9.17) is 0 Å². The Morgan fingerprint density at radius 2 is 0.958 bits per heavy atom. The molecular formula is C24H24. The maximum atomic E-state index is 3.63. The zero-order valence-corrected chi connectivity index (χ0v) is 14.0. The monoisotopic (exact) mass is 312 g/mol. The number of hydrogen-bond donors (Lipinski definition) is 0. The van der Waals surface area contributed by atoms with Gasteiger partial charge in [0.05, 0.1) is 0 Å². The maximum Gasteiger partial charge on any atom is -0.00929 e. The van der Waals surface area contributed by atoms with Gasteiger partial charge in [-0.15, -0.1) is 0 Å². The van der Waals surface area contributed by atoms with Crippen molar-refractivity contribution in [1.29, 1.82) is 0 Å². The predicted octanol–water partition coefficient (Wildman–Crippen LogP) is 6.68. The highest BCUT2D eigenvalue weighted by Crippen LogP contribution is 2.48. The Morgan fingerprint density at radius 3 is 1.25 bits per heavy atom. The van der Waals surface area contributed by atoms with Gasteiger partial charge in [-0.1, -0.05) is 104 Å². The topological polar surface area (TPSA) is 0 Å². The van der Waals surface area contributed by atoms with Gasteiger partial charge in [0, 0.05) is 0 Å². The molecule has 0 aromatic heterocycles. The van der Waals surface area contributed by atoms with E-state index in [0.29, 0.717) is 0 Å². The minimum absolute atomic E-state index is 0.739. The molecule has 1 fully saturated rings. The van der Waals surface area contributed by atoms with E-state index in [1.165, 1.54) is 29.5 Å². The van der Waals surface area contributed by atoms with E-state index in [2.05, 4.69) is 67.2 Å². The highest BCUT2D eigenvalue weighted by atomic mass is 14.4. The molecule has 4 rings (SSSR count). The molecule has 0 amide bonds. The van der Waals surface area contributed by atoms with Crippen molar-refractivity contribution in [2.75, 3.05) is 0 Å². The molecule has 3 aromatic rings. The Morgan fingerprint density at radius 1 is 0.583 bits per heavy atom. The molecule has 0 nitrogen and oxygen atoms in total. The summed E-state index contributed by atoms with van der Waals surface area (Å²) in [7, 11) is 0. The van der Waals surface area contributed by atoms with Gasteiger partial charge in [0.1, 0.15) is 0 Å². The van der Waals surface area contributed by atoms with Crippen molar-refractivity contribution in [1.82, 2.24) is 0 Å². The minimum atomic E-state index is 0.739. The summed E-state index contributed by atoms with van der Waals surface area (Å²) >= 11 is 0. The number of rotatable bonds is 3. The van der Waals surface area contributed by atoms with Crippen LogP contribution in [0.1, 0.15) is 41.4 Å². The first-order valence-corrected chi connectivity index (χ1v) is 8.66. The van der Waals surface area contributed by atoms with Gasteiger partial charge in [-0.2, -0.15) is 0 Å². The summed E-state index contributed by atoms with van der Waals surface area (Å²) in [4.78, 5) is 0. The van der Waals surface area contributed by atoms with Crippen molar-refractivity contribution in [2.24, 2.45) is 0 Å². The lowest BCUT2D eigenvalue weighted by molar-refractivity contribution is 0.346. The molecule has 0 heterocycles. The first-order valence-electron chi connectivity index (χ1n) is 8.66. The van der Waals surface area contributed by atoms with Gasteiger partial charge >= 0.3 is 0 Å². The van der Waals surface area contributed by atoms with Crippen LogP contribution in [0.2, 0.25) is 0 Å². The highest BCUT2D eigenvalue weighted by molar-refractivity contribution is 5.45. The van der Waals surface area contributed by atoms with Gasteiger partial charge in [-0.05, 0) is 41.4 Å². The molecule has 24 heavy (non-hydrogen) atoms. The fraction of sp³-hybridized carbons (Fsp3) is 0.167. The van der Waals surface area contributed by atoms with Crippen LogP contribution in [0.5, 0.6) is 0 Å². The molecule has 0 aliphatic heterocycles. The molecule has 0 heteroatoms. The highest BCUT2D eigenvalue weighted by Gasteiger charge is 2.32. The van der Waals surface area contributed by atoms with Crippen LogP contribution < -0.4 is 0 Å². The minimum Gasteiger partial charge on any atom is -0.0985 e. The average molecular weight is 312 g/mol. The Labute approximate surface area is 145 Å². The first-order chi connectivity index (χ1) is 11.9. The molecule has 120 valence electrons. The zero-order valence-electron chi connectivity index (χ0n) is 14.0. The van der Waals surface area contributed by atoms with Crippen molar-refractivity contribution >= 4 is 6.08 Å². The zero-order chi connectivity index (χ0) is 16.6. The van der Waals surface area contributed by atoms with Crippen LogP contribution in [0.4, 0.5) is 0 Å². The summed E-state index contributed by atoms with van der Waals surface area (Å²) in [5, 5.41) is 0. The van der Waals surface area contributed by atoms with E-state index in [9.17, 15) is 0 Å². The van der Waals surface area contributed by atoms with Gasteiger partial charge in [0.15, 0.2) is 0 Å². The van der Waals surface area contributed by atoms with E-state index < -0.39 is 0 Å².